The molecule has 0 fully saturated rings. The molecule has 0 radical (unpaired) electrons. The number of nitrogens with one attached hydrogen (secondary N) is 2. The average Bonchev–Trinajstić information content (AvgIpc) is 2.71. The molecule has 3 aromatic carbocycles. The third-order valence-corrected chi connectivity index (χ3v) is 5.45. The largest absolute Gasteiger partial charge is 0.348 e. The second kappa shape index (κ2) is 8.77. The van der Waals surface area contributed by atoms with E-state index in [0.29, 0.717) is 16.7 Å². The van der Waals surface area contributed by atoms with Crippen LogP contribution in [0.25, 0.3) is 0 Å². The first-order valence-electron chi connectivity index (χ1n) is 8.60. The number of hydrogen-bond acceptors (Lipinski definition) is 3. The standard InChI is InChI=1S/C21H19FN2O3S/c22-19-10-4-6-16(12-19)15-24-28(26,27)20-11-5-7-17(13-20)14-23-21(25)18-8-2-1-3-9-18/h1-13,24H,14-15H2,(H,23,25). The molecule has 0 saturated carbocycles. The van der Waals surface area contributed by atoms with Gasteiger partial charge >= 0.3 is 0 Å². The monoisotopic (exact) mass is 398 g/mol. The Hall–Kier alpha value is -3.03. The SMILES string of the molecule is O=C(NCc1cccc(S(=O)(=O)NCc2cccc(F)c2)c1)c1ccccc1. The van der Waals surface area contributed by atoms with Crippen LogP contribution in [-0.4, -0.2) is 14.3 Å². The predicted molar refractivity (Wildman–Crippen MR) is 104 cm³/mol. The average molecular weight is 398 g/mol. The second-order valence-corrected chi connectivity index (χ2v) is 7.92. The highest BCUT2D eigenvalue weighted by molar-refractivity contribution is 7.89. The molecule has 1 amide bonds. The van der Waals surface area contributed by atoms with Crippen molar-refractivity contribution < 1.29 is 17.6 Å². The van der Waals surface area contributed by atoms with Crippen LogP contribution >= 0.6 is 0 Å². The number of halogens is 1. The molecular formula is C21H19FN2O3S. The van der Waals surface area contributed by atoms with Crippen molar-refractivity contribution in [2.24, 2.45) is 0 Å². The highest BCUT2D eigenvalue weighted by atomic mass is 32.2. The lowest BCUT2D eigenvalue weighted by Crippen LogP contribution is -2.24. The van der Waals surface area contributed by atoms with Gasteiger partial charge in [0.05, 0.1) is 4.90 Å². The smallest absolute Gasteiger partial charge is 0.251 e. The highest BCUT2D eigenvalue weighted by Crippen LogP contribution is 2.13. The van der Waals surface area contributed by atoms with Gasteiger partial charge in [0.1, 0.15) is 5.82 Å². The Labute approximate surface area is 163 Å². The van der Waals surface area contributed by atoms with Gasteiger partial charge in [0.15, 0.2) is 0 Å². The Kier molecular flexibility index (Phi) is 6.18. The maximum atomic E-state index is 13.2. The van der Waals surface area contributed by atoms with Crippen LogP contribution in [0.3, 0.4) is 0 Å². The molecule has 0 atom stereocenters. The van der Waals surface area contributed by atoms with Gasteiger partial charge in [-0.15, -0.1) is 0 Å². The Bertz CT molecular complexity index is 1070. The molecule has 2 N–H and O–H groups in total. The van der Waals surface area contributed by atoms with Crippen LogP contribution < -0.4 is 10.0 Å². The number of benzene rings is 3. The minimum Gasteiger partial charge on any atom is -0.348 e. The van der Waals surface area contributed by atoms with Crippen LogP contribution in [0.4, 0.5) is 4.39 Å². The fraction of sp³-hybridized carbons (Fsp3) is 0.0952. The number of carbonyl (C=O) groups excluding carboxylic acids is 1. The van der Waals surface area contributed by atoms with Crippen molar-refractivity contribution in [3.63, 3.8) is 0 Å². The fourth-order valence-electron chi connectivity index (χ4n) is 2.61. The van der Waals surface area contributed by atoms with Gasteiger partial charge in [-0.2, -0.15) is 0 Å². The molecule has 3 rings (SSSR count). The summed E-state index contributed by atoms with van der Waals surface area (Å²) < 4.78 is 40.7. The Morgan fingerprint density at radius 1 is 0.821 bits per heavy atom. The molecule has 0 unspecified atom stereocenters. The summed E-state index contributed by atoms with van der Waals surface area (Å²) in [7, 11) is -3.77. The maximum absolute atomic E-state index is 13.2. The Balaban J connectivity index is 1.65. The normalized spacial score (nSPS) is 11.2. The molecule has 0 saturated heterocycles. The first-order valence-corrected chi connectivity index (χ1v) is 10.1. The number of hydrogen-bond donors (Lipinski definition) is 2. The third-order valence-electron chi connectivity index (χ3n) is 4.05. The van der Waals surface area contributed by atoms with E-state index in [0.717, 1.165) is 0 Å². The molecule has 0 aliphatic heterocycles. The minimum atomic E-state index is -3.77. The molecule has 0 aliphatic carbocycles. The lowest BCUT2D eigenvalue weighted by molar-refractivity contribution is 0.0951. The molecule has 0 spiro atoms. The van der Waals surface area contributed by atoms with Gasteiger partial charge in [-0.05, 0) is 47.5 Å². The molecule has 7 heteroatoms. The highest BCUT2D eigenvalue weighted by Gasteiger charge is 2.14. The van der Waals surface area contributed by atoms with Gasteiger partial charge < -0.3 is 5.32 Å². The van der Waals surface area contributed by atoms with Crippen molar-refractivity contribution in [3.8, 4) is 0 Å². The van der Waals surface area contributed by atoms with E-state index < -0.39 is 15.8 Å². The quantitative estimate of drug-likeness (QED) is 0.642. The molecule has 144 valence electrons. The van der Waals surface area contributed by atoms with Gasteiger partial charge in [-0.1, -0.05) is 42.5 Å². The molecule has 3 aromatic rings. The van der Waals surface area contributed by atoms with Crippen molar-refractivity contribution in [1.82, 2.24) is 10.0 Å². The summed E-state index contributed by atoms with van der Waals surface area (Å²) in [6.45, 7) is 0.177. The molecule has 28 heavy (non-hydrogen) atoms. The Morgan fingerprint density at radius 2 is 1.50 bits per heavy atom. The minimum absolute atomic E-state index is 0.0188. The van der Waals surface area contributed by atoms with E-state index >= 15 is 0 Å². The van der Waals surface area contributed by atoms with Crippen LogP contribution in [0, 0.1) is 5.82 Å². The molecule has 0 heterocycles. The summed E-state index contributed by atoms with van der Waals surface area (Å²) in [6, 6.07) is 20.8. The van der Waals surface area contributed by atoms with Crippen molar-refractivity contribution in [1.29, 1.82) is 0 Å². The lowest BCUT2D eigenvalue weighted by atomic mass is 10.2. The zero-order chi connectivity index (χ0) is 20.0. The topological polar surface area (TPSA) is 75.3 Å². The number of carbonyl (C=O) groups is 1. The van der Waals surface area contributed by atoms with Gasteiger partial charge in [0.25, 0.3) is 5.91 Å². The van der Waals surface area contributed by atoms with Crippen LogP contribution in [0.5, 0.6) is 0 Å². The lowest BCUT2D eigenvalue weighted by Gasteiger charge is -2.10. The van der Waals surface area contributed by atoms with Crippen LogP contribution in [0.2, 0.25) is 0 Å². The first-order chi connectivity index (χ1) is 13.4. The van der Waals surface area contributed by atoms with Crippen LogP contribution in [0.1, 0.15) is 21.5 Å². The molecule has 0 aromatic heterocycles. The number of amides is 1. The van der Waals surface area contributed by atoms with Crippen LogP contribution in [-0.2, 0) is 23.1 Å². The van der Waals surface area contributed by atoms with Gasteiger partial charge in [0.2, 0.25) is 10.0 Å². The van der Waals surface area contributed by atoms with Gasteiger partial charge in [-0.3, -0.25) is 4.79 Å². The van der Waals surface area contributed by atoms with Crippen molar-refractivity contribution in [2.75, 3.05) is 0 Å². The third kappa shape index (κ3) is 5.25. The van der Waals surface area contributed by atoms with Gasteiger partial charge in [-0.25, -0.2) is 17.5 Å². The van der Waals surface area contributed by atoms with E-state index in [1.165, 1.54) is 30.3 Å². The summed E-state index contributed by atoms with van der Waals surface area (Å²) in [5.74, 6) is -0.661. The zero-order valence-corrected chi connectivity index (χ0v) is 15.7. The summed E-state index contributed by atoms with van der Waals surface area (Å²) in [5, 5.41) is 2.76. The number of sulfonamides is 1. The number of rotatable bonds is 7. The fourth-order valence-corrected chi connectivity index (χ4v) is 3.69. The van der Waals surface area contributed by atoms with Gasteiger partial charge in [0, 0.05) is 18.7 Å². The summed E-state index contributed by atoms with van der Waals surface area (Å²) in [5.41, 5.74) is 1.70. The predicted octanol–water partition coefficient (Wildman–Crippen LogP) is 3.23. The first kappa shape index (κ1) is 19.7. The second-order valence-electron chi connectivity index (χ2n) is 6.15. The molecular weight excluding hydrogens is 379 g/mol. The molecule has 5 nitrogen and oxygen atoms in total. The maximum Gasteiger partial charge on any atom is 0.251 e. The van der Waals surface area contributed by atoms with Crippen LogP contribution in [0.15, 0.2) is 83.8 Å². The molecule has 0 aliphatic rings. The summed E-state index contributed by atoms with van der Waals surface area (Å²) in [6.07, 6.45) is 0. The van der Waals surface area contributed by atoms with E-state index in [2.05, 4.69) is 10.0 Å². The van der Waals surface area contributed by atoms with Crippen molar-refractivity contribution in [2.45, 2.75) is 18.0 Å². The van der Waals surface area contributed by atoms with Crippen molar-refractivity contribution >= 4 is 15.9 Å². The van der Waals surface area contributed by atoms with E-state index in [1.807, 2.05) is 6.07 Å². The Morgan fingerprint density at radius 3 is 2.21 bits per heavy atom. The zero-order valence-electron chi connectivity index (χ0n) is 14.9. The summed E-state index contributed by atoms with van der Waals surface area (Å²) in [4.78, 5) is 12.2. The van der Waals surface area contributed by atoms with E-state index in [4.69, 9.17) is 0 Å². The van der Waals surface area contributed by atoms with E-state index in [9.17, 15) is 17.6 Å². The summed E-state index contributed by atoms with van der Waals surface area (Å²) >= 11 is 0. The van der Waals surface area contributed by atoms with E-state index in [1.54, 1.807) is 42.5 Å². The van der Waals surface area contributed by atoms with E-state index in [-0.39, 0.29) is 23.9 Å². The molecule has 0 bridgehead atoms. The van der Waals surface area contributed by atoms with Crippen molar-refractivity contribution in [3.05, 3.63) is 101 Å².